The minimum Gasteiger partial charge on any atom is -0.381 e. The van der Waals surface area contributed by atoms with Gasteiger partial charge in [-0.15, -0.1) is 11.8 Å². The lowest BCUT2D eigenvalue weighted by Gasteiger charge is -2.49. The van der Waals surface area contributed by atoms with Crippen LogP contribution in [0.4, 0.5) is 0 Å². The Balaban J connectivity index is 1.19. The second-order valence-electron chi connectivity index (χ2n) is 7.53. The SMILES string of the molecule is O=C(C1CCC1)N1CC2(C[C@H](OCC3CCOCC3)CS2)C1. The second kappa shape index (κ2) is 6.33. The third-order valence-electron chi connectivity index (χ3n) is 5.81. The van der Waals surface area contributed by atoms with Crippen molar-refractivity contribution in [1.82, 2.24) is 4.90 Å². The van der Waals surface area contributed by atoms with Gasteiger partial charge in [-0.05, 0) is 38.0 Å². The zero-order valence-corrected chi connectivity index (χ0v) is 14.1. The van der Waals surface area contributed by atoms with Crippen LogP contribution in [-0.4, -0.2) is 60.3 Å². The quantitative estimate of drug-likeness (QED) is 0.795. The van der Waals surface area contributed by atoms with E-state index >= 15 is 0 Å². The molecule has 4 aliphatic rings. The molecular weight excluding hydrogens is 298 g/mol. The highest BCUT2D eigenvalue weighted by atomic mass is 32.2. The van der Waals surface area contributed by atoms with E-state index in [0.29, 0.717) is 28.6 Å². The van der Waals surface area contributed by atoms with Crippen LogP contribution in [0.3, 0.4) is 0 Å². The van der Waals surface area contributed by atoms with Crippen LogP contribution in [0.1, 0.15) is 38.5 Å². The van der Waals surface area contributed by atoms with E-state index in [9.17, 15) is 4.79 Å². The van der Waals surface area contributed by atoms with Gasteiger partial charge in [0.1, 0.15) is 0 Å². The van der Waals surface area contributed by atoms with E-state index in [1.807, 2.05) is 11.8 Å². The number of hydrogen-bond donors (Lipinski definition) is 0. The summed E-state index contributed by atoms with van der Waals surface area (Å²) in [6.07, 6.45) is 7.30. The summed E-state index contributed by atoms with van der Waals surface area (Å²) in [5.74, 6) is 2.57. The molecule has 1 saturated carbocycles. The summed E-state index contributed by atoms with van der Waals surface area (Å²) in [6, 6.07) is 0. The van der Waals surface area contributed by atoms with Gasteiger partial charge in [-0.2, -0.15) is 0 Å². The van der Waals surface area contributed by atoms with Gasteiger partial charge >= 0.3 is 0 Å². The lowest BCUT2D eigenvalue weighted by atomic mass is 9.82. The number of likely N-dealkylation sites (tertiary alicyclic amines) is 1. The van der Waals surface area contributed by atoms with Crippen molar-refractivity contribution in [3.63, 3.8) is 0 Å². The molecule has 1 spiro atoms. The number of carbonyl (C=O) groups is 1. The van der Waals surface area contributed by atoms with Crippen molar-refractivity contribution in [2.24, 2.45) is 11.8 Å². The Hall–Kier alpha value is -0.260. The maximum atomic E-state index is 12.2. The van der Waals surface area contributed by atoms with Crippen LogP contribution in [-0.2, 0) is 14.3 Å². The van der Waals surface area contributed by atoms with Gasteiger partial charge in [0.05, 0.1) is 10.9 Å². The Morgan fingerprint density at radius 2 is 2.00 bits per heavy atom. The first-order valence-electron chi connectivity index (χ1n) is 8.86. The van der Waals surface area contributed by atoms with E-state index in [4.69, 9.17) is 9.47 Å². The number of thioether (sulfide) groups is 1. The molecule has 0 radical (unpaired) electrons. The summed E-state index contributed by atoms with van der Waals surface area (Å²) in [6.45, 7) is 4.62. The topological polar surface area (TPSA) is 38.8 Å². The molecule has 1 amide bonds. The third-order valence-corrected chi connectivity index (χ3v) is 7.38. The largest absolute Gasteiger partial charge is 0.381 e. The number of ether oxygens (including phenoxy) is 2. The summed E-state index contributed by atoms with van der Waals surface area (Å²) in [4.78, 5) is 14.3. The van der Waals surface area contributed by atoms with Crippen molar-refractivity contribution < 1.29 is 14.3 Å². The third kappa shape index (κ3) is 3.04. The average molecular weight is 325 g/mol. The van der Waals surface area contributed by atoms with Crippen LogP contribution in [0, 0.1) is 11.8 Å². The molecule has 0 aromatic rings. The number of amides is 1. The van der Waals surface area contributed by atoms with Crippen molar-refractivity contribution in [2.75, 3.05) is 38.7 Å². The van der Waals surface area contributed by atoms with Crippen molar-refractivity contribution >= 4 is 17.7 Å². The fraction of sp³-hybridized carbons (Fsp3) is 0.941. The first-order valence-corrected chi connectivity index (χ1v) is 9.85. The standard InChI is InChI=1S/C17H27NO3S/c19-16(14-2-1-3-14)18-11-17(12-18)8-15(10-22-17)21-9-13-4-6-20-7-5-13/h13-15H,1-12H2/t15-/m0/s1. The molecule has 4 rings (SSSR count). The maximum absolute atomic E-state index is 12.2. The number of carbonyl (C=O) groups excluding carboxylic acids is 1. The highest BCUT2D eigenvalue weighted by molar-refractivity contribution is 8.01. The van der Waals surface area contributed by atoms with Gasteiger partial charge in [-0.25, -0.2) is 0 Å². The lowest BCUT2D eigenvalue weighted by Crippen LogP contribution is -2.62. The van der Waals surface area contributed by atoms with Crippen molar-refractivity contribution in [2.45, 2.75) is 49.4 Å². The summed E-state index contributed by atoms with van der Waals surface area (Å²) < 4.78 is 11.9. The molecule has 0 N–H and O–H groups in total. The molecule has 0 unspecified atom stereocenters. The van der Waals surface area contributed by atoms with Gasteiger partial charge in [0.25, 0.3) is 0 Å². The molecule has 3 heterocycles. The number of rotatable bonds is 4. The fourth-order valence-corrected chi connectivity index (χ4v) is 5.59. The molecule has 0 bridgehead atoms. The number of hydrogen-bond acceptors (Lipinski definition) is 4. The molecule has 124 valence electrons. The van der Waals surface area contributed by atoms with Crippen molar-refractivity contribution in [3.05, 3.63) is 0 Å². The molecule has 22 heavy (non-hydrogen) atoms. The second-order valence-corrected chi connectivity index (χ2v) is 9.02. The average Bonchev–Trinajstić information content (AvgIpc) is 2.87. The first kappa shape index (κ1) is 15.3. The zero-order valence-electron chi connectivity index (χ0n) is 13.3. The van der Waals surface area contributed by atoms with Gasteiger partial charge < -0.3 is 14.4 Å². The molecule has 5 heteroatoms. The normalized spacial score (nSPS) is 32.0. The Morgan fingerprint density at radius 1 is 1.23 bits per heavy atom. The Morgan fingerprint density at radius 3 is 2.68 bits per heavy atom. The summed E-state index contributed by atoms with van der Waals surface area (Å²) in [7, 11) is 0. The summed E-state index contributed by atoms with van der Waals surface area (Å²) in [5, 5.41) is 0. The van der Waals surface area contributed by atoms with E-state index in [1.54, 1.807) is 0 Å². The van der Waals surface area contributed by atoms with Crippen LogP contribution in [0.2, 0.25) is 0 Å². The van der Waals surface area contributed by atoms with E-state index in [0.717, 1.165) is 70.8 Å². The molecule has 4 fully saturated rings. The van der Waals surface area contributed by atoms with Crippen LogP contribution in [0.25, 0.3) is 0 Å². The molecule has 3 aliphatic heterocycles. The summed E-state index contributed by atoms with van der Waals surface area (Å²) >= 11 is 2.04. The van der Waals surface area contributed by atoms with E-state index in [-0.39, 0.29) is 0 Å². The van der Waals surface area contributed by atoms with Crippen LogP contribution in [0.15, 0.2) is 0 Å². The molecule has 4 nitrogen and oxygen atoms in total. The molecule has 1 aliphatic carbocycles. The van der Waals surface area contributed by atoms with E-state index in [1.165, 1.54) is 6.42 Å². The Kier molecular flexibility index (Phi) is 4.39. The minimum absolute atomic E-state index is 0.319. The van der Waals surface area contributed by atoms with Crippen molar-refractivity contribution in [3.8, 4) is 0 Å². The minimum atomic E-state index is 0.319. The monoisotopic (exact) mass is 325 g/mol. The zero-order chi connectivity index (χ0) is 15.0. The van der Waals surface area contributed by atoms with Gasteiger partial charge in [-0.1, -0.05) is 6.42 Å². The predicted octanol–water partition coefficient (Wildman–Crippen LogP) is 2.32. The Bertz CT molecular complexity index is 414. The van der Waals surface area contributed by atoms with E-state index < -0.39 is 0 Å². The lowest BCUT2D eigenvalue weighted by molar-refractivity contribution is -0.144. The molecule has 3 saturated heterocycles. The van der Waals surface area contributed by atoms with Crippen LogP contribution >= 0.6 is 11.8 Å². The van der Waals surface area contributed by atoms with Gasteiger partial charge in [0, 0.05) is 44.6 Å². The number of nitrogens with zero attached hydrogens (tertiary/aromatic N) is 1. The predicted molar refractivity (Wildman–Crippen MR) is 87.0 cm³/mol. The highest BCUT2D eigenvalue weighted by Gasteiger charge is 2.52. The van der Waals surface area contributed by atoms with Crippen LogP contribution in [0.5, 0.6) is 0 Å². The van der Waals surface area contributed by atoms with Crippen molar-refractivity contribution in [1.29, 1.82) is 0 Å². The first-order chi connectivity index (χ1) is 10.7. The molecule has 0 aromatic heterocycles. The molecule has 1 atom stereocenters. The fourth-order valence-electron chi connectivity index (χ4n) is 4.03. The Labute approximate surface area is 137 Å². The maximum Gasteiger partial charge on any atom is 0.225 e. The summed E-state index contributed by atoms with van der Waals surface area (Å²) in [5.41, 5.74) is 0. The molecular formula is C17H27NO3S. The van der Waals surface area contributed by atoms with Crippen LogP contribution < -0.4 is 0 Å². The van der Waals surface area contributed by atoms with Gasteiger partial charge in [0.2, 0.25) is 5.91 Å². The highest BCUT2D eigenvalue weighted by Crippen LogP contribution is 2.47. The molecule has 0 aromatic carbocycles. The van der Waals surface area contributed by atoms with Gasteiger partial charge in [0.15, 0.2) is 0 Å². The van der Waals surface area contributed by atoms with E-state index in [2.05, 4.69) is 4.90 Å². The smallest absolute Gasteiger partial charge is 0.225 e. The van der Waals surface area contributed by atoms with Gasteiger partial charge in [-0.3, -0.25) is 4.79 Å².